The molecule has 0 atom stereocenters. The van der Waals surface area contributed by atoms with Crippen molar-refractivity contribution in [2.45, 2.75) is 19.8 Å². The second kappa shape index (κ2) is 5.86. The average molecular weight is 254 g/mol. The number of halogens is 1. The number of anilines is 1. The second-order valence-corrected chi connectivity index (χ2v) is 4.18. The lowest BCUT2D eigenvalue weighted by Gasteiger charge is -2.06. The number of hydrogen-bond acceptors (Lipinski definition) is 1. The van der Waals surface area contributed by atoms with Gasteiger partial charge >= 0.3 is 0 Å². The largest absolute Gasteiger partial charge is 0.385 e. The highest BCUT2D eigenvalue weighted by molar-refractivity contribution is 9.10. The molecule has 0 fully saturated rings. The number of rotatable bonds is 5. The van der Waals surface area contributed by atoms with E-state index in [0.717, 1.165) is 23.9 Å². The molecule has 0 unspecified atom stereocenters. The van der Waals surface area contributed by atoms with E-state index in [4.69, 9.17) is 0 Å². The molecule has 76 valence electrons. The van der Waals surface area contributed by atoms with Crippen LogP contribution in [-0.2, 0) is 0 Å². The van der Waals surface area contributed by atoms with Crippen LogP contribution >= 0.6 is 15.9 Å². The summed E-state index contributed by atoms with van der Waals surface area (Å²) in [6.45, 7) is 6.79. The maximum atomic E-state index is 3.70. The van der Waals surface area contributed by atoms with Crippen molar-refractivity contribution in [3.63, 3.8) is 0 Å². The Balaban J connectivity index is 2.43. The summed E-state index contributed by atoms with van der Waals surface area (Å²) in [7, 11) is 0. The van der Waals surface area contributed by atoms with E-state index < -0.39 is 0 Å². The van der Waals surface area contributed by atoms with Crippen molar-refractivity contribution in [3.05, 3.63) is 40.9 Å². The predicted octanol–water partition coefficient (Wildman–Crippen LogP) is 4.14. The molecule has 0 saturated heterocycles. The smallest absolute Gasteiger partial charge is 0.0351 e. The highest BCUT2D eigenvalue weighted by atomic mass is 79.9. The van der Waals surface area contributed by atoms with Crippen LogP contribution in [0, 0.1) is 6.92 Å². The van der Waals surface area contributed by atoms with Crippen molar-refractivity contribution in [3.8, 4) is 0 Å². The van der Waals surface area contributed by atoms with Crippen LogP contribution in [-0.4, -0.2) is 6.54 Å². The molecule has 0 amide bonds. The zero-order chi connectivity index (χ0) is 10.4. The standard InChI is InChI=1S/C12H16BrN/c1-3-4-5-8-14-11-7-6-10(2)12(13)9-11/h3,6-7,9,14H,1,4-5,8H2,2H3. The van der Waals surface area contributed by atoms with Crippen molar-refractivity contribution in [2.75, 3.05) is 11.9 Å². The highest BCUT2D eigenvalue weighted by Crippen LogP contribution is 2.20. The van der Waals surface area contributed by atoms with Crippen molar-refractivity contribution in [2.24, 2.45) is 0 Å². The normalized spacial score (nSPS) is 9.86. The first kappa shape index (κ1) is 11.3. The van der Waals surface area contributed by atoms with Gasteiger partial charge in [0.2, 0.25) is 0 Å². The Morgan fingerprint density at radius 1 is 1.50 bits per heavy atom. The Morgan fingerprint density at radius 3 is 2.93 bits per heavy atom. The third-order valence-corrected chi connectivity index (χ3v) is 2.94. The first-order chi connectivity index (χ1) is 6.74. The van der Waals surface area contributed by atoms with Gasteiger partial charge in [-0.3, -0.25) is 0 Å². The first-order valence-electron chi connectivity index (χ1n) is 4.85. The summed E-state index contributed by atoms with van der Waals surface area (Å²) in [6, 6.07) is 6.33. The molecule has 0 aliphatic heterocycles. The van der Waals surface area contributed by atoms with Crippen LogP contribution in [0.2, 0.25) is 0 Å². The van der Waals surface area contributed by atoms with Gasteiger partial charge < -0.3 is 5.32 Å². The van der Waals surface area contributed by atoms with E-state index >= 15 is 0 Å². The lowest BCUT2D eigenvalue weighted by molar-refractivity contribution is 0.891. The van der Waals surface area contributed by atoms with Gasteiger partial charge in [0.25, 0.3) is 0 Å². The van der Waals surface area contributed by atoms with Crippen LogP contribution in [0.3, 0.4) is 0 Å². The van der Waals surface area contributed by atoms with Gasteiger partial charge in [-0.1, -0.05) is 28.1 Å². The number of unbranched alkanes of at least 4 members (excludes halogenated alkanes) is 1. The van der Waals surface area contributed by atoms with Gasteiger partial charge in [-0.15, -0.1) is 6.58 Å². The molecule has 0 radical (unpaired) electrons. The Bertz CT molecular complexity index is 307. The van der Waals surface area contributed by atoms with Crippen LogP contribution < -0.4 is 5.32 Å². The first-order valence-corrected chi connectivity index (χ1v) is 5.64. The van der Waals surface area contributed by atoms with Crippen LogP contribution in [0.15, 0.2) is 35.3 Å². The summed E-state index contributed by atoms with van der Waals surface area (Å²) < 4.78 is 1.16. The van der Waals surface area contributed by atoms with E-state index in [-0.39, 0.29) is 0 Å². The van der Waals surface area contributed by atoms with Gasteiger partial charge in [0.1, 0.15) is 0 Å². The number of nitrogens with one attached hydrogen (secondary N) is 1. The molecule has 0 aliphatic carbocycles. The van der Waals surface area contributed by atoms with E-state index in [2.05, 4.69) is 52.9 Å². The van der Waals surface area contributed by atoms with Crippen molar-refractivity contribution < 1.29 is 0 Å². The summed E-state index contributed by atoms with van der Waals surface area (Å²) in [5, 5.41) is 3.37. The minimum Gasteiger partial charge on any atom is -0.385 e. The molecule has 1 aromatic carbocycles. The van der Waals surface area contributed by atoms with E-state index in [1.807, 2.05) is 6.08 Å². The second-order valence-electron chi connectivity index (χ2n) is 3.32. The topological polar surface area (TPSA) is 12.0 Å². The number of allylic oxidation sites excluding steroid dienone is 1. The van der Waals surface area contributed by atoms with E-state index in [1.54, 1.807) is 0 Å². The van der Waals surface area contributed by atoms with Gasteiger partial charge in [-0.05, 0) is 37.5 Å². The van der Waals surface area contributed by atoms with E-state index in [1.165, 1.54) is 11.3 Å². The molecular weight excluding hydrogens is 238 g/mol. The molecule has 1 N–H and O–H groups in total. The van der Waals surface area contributed by atoms with Gasteiger partial charge in [-0.2, -0.15) is 0 Å². The summed E-state index contributed by atoms with van der Waals surface area (Å²) in [6.07, 6.45) is 4.15. The predicted molar refractivity (Wildman–Crippen MR) is 66.8 cm³/mol. The fourth-order valence-electron chi connectivity index (χ4n) is 1.18. The van der Waals surface area contributed by atoms with Gasteiger partial charge in [0.05, 0.1) is 0 Å². The Morgan fingerprint density at radius 2 is 2.29 bits per heavy atom. The molecular formula is C12H16BrN. The Labute approximate surface area is 94.3 Å². The average Bonchev–Trinajstić information content (AvgIpc) is 2.18. The summed E-state index contributed by atoms with van der Waals surface area (Å²) in [5.41, 5.74) is 2.44. The molecule has 0 aliphatic rings. The zero-order valence-electron chi connectivity index (χ0n) is 8.52. The molecule has 0 saturated carbocycles. The van der Waals surface area contributed by atoms with Crippen molar-refractivity contribution in [1.82, 2.24) is 0 Å². The quantitative estimate of drug-likeness (QED) is 0.615. The summed E-state index contributed by atoms with van der Waals surface area (Å²) >= 11 is 3.51. The fourth-order valence-corrected chi connectivity index (χ4v) is 1.56. The number of benzene rings is 1. The molecule has 2 heteroatoms. The molecule has 1 aromatic rings. The maximum absolute atomic E-state index is 3.70. The van der Waals surface area contributed by atoms with Crippen LogP contribution in [0.4, 0.5) is 5.69 Å². The molecule has 0 spiro atoms. The third-order valence-electron chi connectivity index (χ3n) is 2.09. The molecule has 0 aromatic heterocycles. The van der Waals surface area contributed by atoms with Crippen molar-refractivity contribution >= 4 is 21.6 Å². The molecule has 1 nitrogen and oxygen atoms in total. The monoisotopic (exact) mass is 253 g/mol. The zero-order valence-corrected chi connectivity index (χ0v) is 10.1. The van der Waals surface area contributed by atoms with Crippen LogP contribution in [0.25, 0.3) is 0 Å². The fraction of sp³-hybridized carbons (Fsp3) is 0.333. The van der Waals surface area contributed by atoms with E-state index in [0.29, 0.717) is 0 Å². The summed E-state index contributed by atoms with van der Waals surface area (Å²) in [5.74, 6) is 0. The third kappa shape index (κ3) is 3.54. The van der Waals surface area contributed by atoms with Crippen molar-refractivity contribution in [1.29, 1.82) is 0 Å². The number of hydrogen-bond donors (Lipinski definition) is 1. The Kier molecular flexibility index (Phi) is 4.74. The number of aryl methyl sites for hydroxylation is 1. The molecule has 14 heavy (non-hydrogen) atoms. The summed E-state index contributed by atoms with van der Waals surface area (Å²) in [4.78, 5) is 0. The molecule has 0 bridgehead atoms. The van der Waals surface area contributed by atoms with Gasteiger partial charge in [0.15, 0.2) is 0 Å². The minimum atomic E-state index is 1.00. The van der Waals surface area contributed by atoms with Gasteiger partial charge in [-0.25, -0.2) is 0 Å². The minimum absolute atomic E-state index is 1.00. The van der Waals surface area contributed by atoms with Crippen LogP contribution in [0.5, 0.6) is 0 Å². The highest BCUT2D eigenvalue weighted by Gasteiger charge is 1.95. The van der Waals surface area contributed by atoms with E-state index in [9.17, 15) is 0 Å². The Hall–Kier alpha value is -0.760. The maximum Gasteiger partial charge on any atom is 0.0351 e. The van der Waals surface area contributed by atoms with Gasteiger partial charge in [0, 0.05) is 16.7 Å². The SMILES string of the molecule is C=CCCCNc1ccc(C)c(Br)c1. The molecule has 1 rings (SSSR count). The lowest BCUT2D eigenvalue weighted by Crippen LogP contribution is -2.00. The lowest BCUT2D eigenvalue weighted by atomic mass is 10.2. The van der Waals surface area contributed by atoms with Crippen LogP contribution in [0.1, 0.15) is 18.4 Å². The molecule has 0 heterocycles.